The molecule has 0 saturated carbocycles. The van der Waals surface area contributed by atoms with Gasteiger partial charge in [-0.2, -0.15) is 4.98 Å². The van der Waals surface area contributed by atoms with E-state index in [-0.39, 0.29) is 0 Å². The average Bonchev–Trinajstić information content (AvgIpc) is 2.97. The molecule has 5 nitrogen and oxygen atoms in total. The second-order valence-electron chi connectivity index (χ2n) is 4.56. The molecule has 3 rings (SSSR count). The Bertz CT molecular complexity index is 698. The molecular weight excluding hydrogens is 240 g/mol. The van der Waals surface area contributed by atoms with Crippen LogP contribution in [0.1, 0.15) is 17.3 Å². The molecule has 0 atom stereocenters. The molecule has 0 aliphatic rings. The minimum atomic E-state index is 0.599. The molecule has 0 unspecified atom stereocenters. The Morgan fingerprint density at radius 2 is 2.16 bits per heavy atom. The third-order valence-corrected chi connectivity index (χ3v) is 3.12. The fourth-order valence-electron chi connectivity index (χ4n) is 2.34. The van der Waals surface area contributed by atoms with Crippen LogP contribution in [0, 0.1) is 6.92 Å². The maximum atomic E-state index is 5.02. The molecule has 0 amide bonds. The lowest BCUT2D eigenvalue weighted by atomic mass is 10.2. The number of hydrogen-bond donors (Lipinski definition) is 1. The Hall–Kier alpha value is -2.14. The molecule has 0 aliphatic carbocycles. The van der Waals surface area contributed by atoms with Gasteiger partial charge in [0, 0.05) is 30.6 Å². The summed E-state index contributed by atoms with van der Waals surface area (Å²) >= 11 is 0. The highest BCUT2D eigenvalue weighted by molar-refractivity contribution is 5.84. The lowest BCUT2D eigenvalue weighted by Crippen LogP contribution is -2.04. The Balaban J connectivity index is 2.03. The van der Waals surface area contributed by atoms with E-state index in [2.05, 4.69) is 44.4 Å². The van der Waals surface area contributed by atoms with Crippen LogP contribution in [0.3, 0.4) is 0 Å². The van der Waals surface area contributed by atoms with Gasteiger partial charge in [0.2, 0.25) is 5.89 Å². The van der Waals surface area contributed by atoms with Crippen molar-refractivity contribution >= 4 is 10.9 Å². The van der Waals surface area contributed by atoms with Crippen molar-refractivity contribution in [2.45, 2.75) is 20.0 Å². The molecule has 3 aromatic rings. The Kier molecular flexibility index (Phi) is 3.05. The fraction of sp³-hybridized carbons (Fsp3) is 0.286. The molecule has 0 fully saturated rings. The van der Waals surface area contributed by atoms with Crippen molar-refractivity contribution in [2.24, 2.45) is 0 Å². The first kappa shape index (κ1) is 11.9. The number of aromatic nitrogens is 3. The van der Waals surface area contributed by atoms with Crippen LogP contribution in [0.5, 0.6) is 0 Å². The first-order valence-electron chi connectivity index (χ1n) is 6.28. The number of nitrogens with one attached hydrogen (secondary N) is 1. The summed E-state index contributed by atoms with van der Waals surface area (Å²) < 4.78 is 7.18. The number of aryl methyl sites for hydroxylation is 1. The number of para-hydroxylation sites is 1. The van der Waals surface area contributed by atoms with E-state index in [1.165, 1.54) is 16.5 Å². The van der Waals surface area contributed by atoms with Crippen molar-refractivity contribution in [1.82, 2.24) is 20.0 Å². The predicted octanol–water partition coefficient (Wildman–Crippen LogP) is 2.10. The molecule has 0 aliphatic heterocycles. The number of benzene rings is 1. The molecule has 0 bridgehead atoms. The van der Waals surface area contributed by atoms with Gasteiger partial charge in [-0.25, -0.2) is 0 Å². The van der Waals surface area contributed by atoms with Crippen molar-refractivity contribution < 1.29 is 4.52 Å². The van der Waals surface area contributed by atoms with Gasteiger partial charge in [-0.3, -0.25) is 0 Å². The third-order valence-electron chi connectivity index (χ3n) is 3.12. The minimum absolute atomic E-state index is 0.599. The van der Waals surface area contributed by atoms with Crippen LogP contribution < -0.4 is 5.32 Å². The van der Waals surface area contributed by atoms with Gasteiger partial charge in [-0.1, -0.05) is 23.4 Å². The van der Waals surface area contributed by atoms with E-state index in [1.54, 1.807) is 6.92 Å². The summed E-state index contributed by atoms with van der Waals surface area (Å²) in [4.78, 5) is 4.25. The van der Waals surface area contributed by atoms with Crippen LogP contribution in [0.2, 0.25) is 0 Å². The summed E-state index contributed by atoms with van der Waals surface area (Å²) in [6.45, 7) is 3.27. The summed E-state index contributed by atoms with van der Waals surface area (Å²) in [7, 11) is 1.95. The van der Waals surface area contributed by atoms with Gasteiger partial charge < -0.3 is 14.4 Å². The number of hydrogen-bond acceptors (Lipinski definition) is 4. The van der Waals surface area contributed by atoms with Gasteiger partial charge in [0.25, 0.3) is 0 Å². The van der Waals surface area contributed by atoms with E-state index in [9.17, 15) is 0 Å². The lowest BCUT2D eigenvalue weighted by Gasteiger charge is -2.00. The largest absolute Gasteiger partial charge is 0.340 e. The highest BCUT2D eigenvalue weighted by Crippen LogP contribution is 2.21. The van der Waals surface area contributed by atoms with Crippen LogP contribution in [-0.4, -0.2) is 21.8 Å². The molecule has 0 saturated heterocycles. The lowest BCUT2D eigenvalue weighted by molar-refractivity contribution is 0.386. The summed E-state index contributed by atoms with van der Waals surface area (Å²) in [5.74, 6) is 1.30. The first-order chi connectivity index (χ1) is 9.28. The predicted molar refractivity (Wildman–Crippen MR) is 72.8 cm³/mol. The van der Waals surface area contributed by atoms with Crippen LogP contribution in [0.15, 0.2) is 35.0 Å². The monoisotopic (exact) mass is 256 g/mol. The van der Waals surface area contributed by atoms with Gasteiger partial charge in [-0.05, 0) is 18.7 Å². The second-order valence-corrected chi connectivity index (χ2v) is 4.56. The van der Waals surface area contributed by atoms with Crippen LogP contribution in [0.4, 0.5) is 0 Å². The topological polar surface area (TPSA) is 55.9 Å². The van der Waals surface area contributed by atoms with E-state index >= 15 is 0 Å². The zero-order valence-corrected chi connectivity index (χ0v) is 11.1. The van der Waals surface area contributed by atoms with Crippen LogP contribution >= 0.6 is 0 Å². The van der Waals surface area contributed by atoms with E-state index in [1.807, 2.05) is 13.1 Å². The highest BCUT2D eigenvalue weighted by atomic mass is 16.5. The number of rotatable bonds is 4. The molecule has 0 radical (unpaired) electrons. The Morgan fingerprint density at radius 3 is 2.89 bits per heavy atom. The highest BCUT2D eigenvalue weighted by Gasteiger charge is 2.10. The Labute approximate surface area is 111 Å². The zero-order valence-electron chi connectivity index (χ0n) is 11.1. The summed E-state index contributed by atoms with van der Waals surface area (Å²) in [6.07, 6.45) is 2.15. The molecule has 0 spiro atoms. The maximum absolute atomic E-state index is 5.02. The van der Waals surface area contributed by atoms with Crippen molar-refractivity contribution in [3.63, 3.8) is 0 Å². The van der Waals surface area contributed by atoms with E-state index < -0.39 is 0 Å². The standard InChI is InChI=1S/C14H16N4O/c1-10-16-14(17-19-10)9-18-8-11(7-15-2)12-5-3-4-6-13(12)18/h3-6,8,15H,7,9H2,1-2H3. The molecule has 98 valence electrons. The second kappa shape index (κ2) is 4.85. The van der Waals surface area contributed by atoms with Gasteiger partial charge in [0.15, 0.2) is 5.82 Å². The molecule has 5 heteroatoms. The van der Waals surface area contributed by atoms with E-state index in [4.69, 9.17) is 4.52 Å². The normalized spacial score (nSPS) is 11.3. The molecular formula is C14H16N4O. The van der Waals surface area contributed by atoms with Crippen molar-refractivity contribution in [3.8, 4) is 0 Å². The van der Waals surface area contributed by atoms with Gasteiger partial charge in [0.1, 0.15) is 0 Å². The molecule has 1 N–H and O–H groups in total. The molecule has 19 heavy (non-hydrogen) atoms. The van der Waals surface area contributed by atoms with Crippen LogP contribution in [0.25, 0.3) is 10.9 Å². The average molecular weight is 256 g/mol. The molecule has 1 aromatic carbocycles. The fourth-order valence-corrected chi connectivity index (χ4v) is 2.34. The molecule has 2 heterocycles. The van der Waals surface area contributed by atoms with Gasteiger partial charge in [0.05, 0.1) is 6.54 Å². The van der Waals surface area contributed by atoms with Crippen molar-refractivity contribution in [2.75, 3.05) is 7.05 Å². The van der Waals surface area contributed by atoms with E-state index in [0.29, 0.717) is 18.3 Å². The van der Waals surface area contributed by atoms with Crippen molar-refractivity contribution in [1.29, 1.82) is 0 Å². The minimum Gasteiger partial charge on any atom is -0.340 e. The summed E-state index contributed by atoms with van der Waals surface area (Å²) in [6, 6.07) is 8.36. The first-order valence-corrected chi connectivity index (χ1v) is 6.28. The zero-order chi connectivity index (χ0) is 13.2. The smallest absolute Gasteiger partial charge is 0.223 e. The quantitative estimate of drug-likeness (QED) is 0.776. The van der Waals surface area contributed by atoms with Gasteiger partial charge in [-0.15, -0.1) is 0 Å². The maximum Gasteiger partial charge on any atom is 0.223 e. The van der Waals surface area contributed by atoms with Crippen molar-refractivity contribution in [3.05, 3.63) is 47.7 Å². The third kappa shape index (κ3) is 2.24. The van der Waals surface area contributed by atoms with Gasteiger partial charge >= 0.3 is 0 Å². The molecule has 2 aromatic heterocycles. The SMILES string of the molecule is CNCc1cn(Cc2noc(C)n2)c2ccccc12. The summed E-state index contributed by atoms with van der Waals surface area (Å²) in [5, 5.41) is 8.41. The Morgan fingerprint density at radius 1 is 1.32 bits per heavy atom. The van der Waals surface area contributed by atoms with E-state index in [0.717, 1.165) is 6.54 Å². The van der Waals surface area contributed by atoms with Crippen LogP contribution in [-0.2, 0) is 13.1 Å². The number of nitrogens with zero attached hydrogens (tertiary/aromatic N) is 3. The number of fused-ring (bicyclic) bond motifs is 1. The summed E-state index contributed by atoms with van der Waals surface area (Å²) in [5.41, 5.74) is 2.47.